The van der Waals surface area contributed by atoms with Crippen LogP contribution in [0.5, 0.6) is 5.75 Å². The van der Waals surface area contributed by atoms with E-state index in [-0.39, 0.29) is 37.1 Å². The van der Waals surface area contributed by atoms with Crippen molar-refractivity contribution in [2.45, 2.75) is 142 Å². The smallest absolute Gasteiger partial charge is 0.408 e. The number of nitrogens with two attached hydrogens (primary N) is 1. The van der Waals surface area contributed by atoms with Crippen LogP contribution in [0.4, 0.5) is 4.79 Å². The summed E-state index contributed by atoms with van der Waals surface area (Å²) in [7, 11) is 0. The molecule has 2 rings (SSSR count). The van der Waals surface area contributed by atoms with Crippen LogP contribution in [-0.4, -0.2) is 58.1 Å². The first kappa shape index (κ1) is 35.9. The van der Waals surface area contributed by atoms with E-state index < -0.39 is 35.6 Å². The van der Waals surface area contributed by atoms with Crippen LogP contribution < -0.4 is 16.4 Å². The zero-order valence-corrected chi connectivity index (χ0v) is 26.9. The lowest BCUT2D eigenvalue weighted by atomic mass is 9.94. The van der Waals surface area contributed by atoms with E-state index in [4.69, 9.17) is 10.5 Å². The number of carbonyl (C=O) groups excluding carboxylic acids is 4. The number of primary amides is 1. The van der Waals surface area contributed by atoms with Crippen LogP contribution in [0.2, 0.25) is 0 Å². The van der Waals surface area contributed by atoms with E-state index in [1.54, 1.807) is 45.9 Å². The number of ether oxygens (including phenoxy) is 1. The van der Waals surface area contributed by atoms with Gasteiger partial charge in [0.25, 0.3) is 0 Å². The number of benzene rings is 1. The first-order chi connectivity index (χ1) is 20.3. The lowest BCUT2D eigenvalue weighted by Crippen LogP contribution is -2.54. The van der Waals surface area contributed by atoms with Gasteiger partial charge in [-0.2, -0.15) is 0 Å². The number of aryl methyl sites for hydroxylation is 1. The lowest BCUT2D eigenvalue weighted by Gasteiger charge is -2.36. The van der Waals surface area contributed by atoms with Gasteiger partial charge in [-0.1, -0.05) is 76.5 Å². The van der Waals surface area contributed by atoms with Gasteiger partial charge >= 0.3 is 6.09 Å². The Bertz CT molecular complexity index is 1060. The van der Waals surface area contributed by atoms with Crippen LogP contribution in [0.15, 0.2) is 18.2 Å². The first-order valence-electron chi connectivity index (χ1n) is 16.0. The van der Waals surface area contributed by atoms with Crippen molar-refractivity contribution in [3.63, 3.8) is 0 Å². The molecule has 1 fully saturated rings. The van der Waals surface area contributed by atoms with Crippen LogP contribution in [0.25, 0.3) is 0 Å². The third kappa shape index (κ3) is 12.5. The number of para-hydroxylation sites is 1. The topological polar surface area (TPSA) is 151 Å². The van der Waals surface area contributed by atoms with E-state index in [9.17, 15) is 24.3 Å². The third-order valence-corrected chi connectivity index (χ3v) is 7.78. The molecule has 1 aliphatic carbocycles. The van der Waals surface area contributed by atoms with Gasteiger partial charge in [-0.3, -0.25) is 14.4 Å². The quantitative estimate of drug-likeness (QED) is 0.182. The van der Waals surface area contributed by atoms with E-state index >= 15 is 0 Å². The maximum absolute atomic E-state index is 14.4. The molecular formula is C33H54N4O6. The van der Waals surface area contributed by atoms with Crippen LogP contribution in [0.3, 0.4) is 0 Å². The van der Waals surface area contributed by atoms with Gasteiger partial charge < -0.3 is 31.1 Å². The van der Waals surface area contributed by atoms with Crippen LogP contribution in [0, 0.1) is 6.92 Å². The van der Waals surface area contributed by atoms with Crippen LogP contribution in [-0.2, 0) is 19.1 Å². The summed E-state index contributed by atoms with van der Waals surface area (Å²) < 4.78 is 5.41. The average Bonchev–Trinajstić information content (AvgIpc) is 2.93. The minimum atomic E-state index is -1.17. The normalized spacial score (nSPS) is 15.3. The Morgan fingerprint density at radius 1 is 1.05 bits per heavy atom. The largest absolute Gasteiger partial charge is 0.507 e. The average molecular weight is 603 g/mol. The number of hydrogen-bond donors (Lipinski definition) is 4. The van der Waals surface area contributed by atoms with E-state index in [2.05, 4.69) is 17.6 Å². The Hall–Kier alpha value is -3.30. The summed E-state index contributed by atoms with van der Waals surface area (Å²) in [6, 6.07) is 2.83. The molecule has 2 atom stereocenters. The van der Waals surface area contributed by atoms with Crippen molar-refractivity contribution in [3.8, 4) is 5.75 Å². The second kappa shape index (κ2) is 17.7. The molecule has 1 aromatic carbocycles. The molecule has 5 N–H and O–H groups in total. The molecule has 10 heteroatoms. The number of aromatic hydroxyl groups is 1. The van der Waals surface area contributed by atoms with Crippen molar-refractivity contribution < 1.29 is 29.0 Å². The molecule has 0 bridgehead atoms. The monoisotopic (exact) mass is 602 g/mol. The van der Waals surface area contributed by atoms with Gasteiger partial charge in [0.2, 0.25) is 17.7 Å². The Morgan fingerprint density at radius 3 is 2.33 bits per heavy atom. The summed E-state index contributed by atoms with van der Waals surface area (Å²) in [5.74, 6) is -1.58. The molecule has 1 aromatic rings. The number of nitrogens with one attached hydrogen (secondary N) is 2. The molecule has 1 saturated carbocycles. The zero-order valence-electron chi connectivity index (χ0n) is 26.9. The second-order valence-corrected chi connectivity index (χ2v) is 12.8. The van der Waals surface area contributed by atoms with Crippen molar-refractivity contribution in [2.24, 2.45) is 5.73 Å². The van der Waals surface area contributed by atoms with Gasteiger partial charge in [0.1, 0.15) is 23.4 Å². The third-order valence-electron chi connectivity index (χ3n) is 7.78. The molecule has 0 aliphatic heterocycles. The summed E-state index contributed by atoms with van der Waals surface area (Å²) in [5, 5.41) is 16.9. The fourth-order valence-corrected chi connectivity index (χ4v) is 5.50. The van der Waals surface area contributed by atoms with E-state index in [1.807, 2.05) is 0 Å². The molecule has 4 amide bonds. The van der Waals surface area contributed by atoms with E-state index in [0.29, 0.717) is 17.5 Å². The van der Waals surface area contributed by atoms with Crippen molar-refractivity contribution >= 4 is 23.8 Å². The standard InChI is InChI=1S/C33H54N4O6/c1-6-7-8-9-10-14-22-37(31(41)26(20-21-27(34)38)36-32(42)43-33(3,4)5)28(25-19-15-16-23(2)29(25)39)30(40)35-24-17-12-11-13-18-24/h15-16,19,24,26,28,39H,6-14,17-18,20-22H2,1-5H3,(H2,34,38)(H,35,40)(H,36,42). The SMILES string of the molecule is CCCCCCCCN(C(=O)C(CCC(N)=O)NC(=O)OC(C)(C)C)C(C(=O)NC1CCCCC1)c1cccc(C)c1O. The van der Waals surface area contributed by atoms with Crippen molar-refractivity contribution in [1.29, 1.82) is 0 Å². The summed E-state index contributed by atoms with van der Waals surface area (Å²) in [5.41, 5.74) is 5.51. The Morgan fingerprint density at radius 2 is 1.70 bits per heavy atom. The van der Waals surface area contributed by atoms with Gasteiger partial charge in [0.15, 0.2) is 0 Å². The highest BCUT2D eigenvalue weighted by Crippen LogP contribution is 2.33. The maximum atomic E-state index is 14.4. The minimum Gasteiger partial charge on any atom is -0.507 e. The highest BCUT2D eigenvalue weighted by molar-refractivity contribution is 5.93. The lowest BCUT2D eigenvalue weighted by molar-refractivity contribution is -0.143. The van der Waals surface area contributed by atoms with Gasteiger partial charge in [-0.05, 0) is 58.9 Å². The Labute approximate surface area is 257 Å². The van der Waals surface area contributed by atoms with Crippen molar-refractivity contribution in [2.75, 3.05) is 6.54 Å². The van der Waals surface area contributed by atoms with Gasteiger partial charge in [-0.15, -0.1) is 0 Å². The van der Waals surface area contributed by atoms with Crippen LogP contribution >= 0.6 is 0 Å². The first-order valence-corrected chi connectivity index (χ1v) is 16.0. The molecular weight excluding hydrogens is 548 g/mol. The number of carbonyl (C=O) groups is 4. The molecule has 0 radical (unpaired) electrons. The number of nitrogens with zero attached hydrogens (tertiary/aromatic N) is 1. The number of amides is 4. The molecule has 0 saturated heterocycles. The highest BCUT2D eigenvalue weighted by atomic mass is 16.6. The van der Waals surface area contributed by atoms with Gasteiger partial charge in [-0.25, -0.2) is 4.79 Å². The number of hydrogen-bond acceptors (Lipinski definition) is 6. The Kier molecular flexibility index (Phi) is 14.8. The second-order valence-electron chi connectivity index (χ2n) is 12.8. The van der Waals surface area contributed by atoms with E-state index in [1.165, 1.54) is 4.90 Å². The minimum absolute atomic E-state index is 0.0211. The van der Waals surface area contributed by atoms with Crippen molar-refractivity contribution in [3.05, 3.63) is 29.3 Å². The van der Waals surface area contributed by atoms with Gasteiger partial charge in [0.05, 0.1) is 0 Å². The van der Waals surface area contributed by atoms with Crippen LogP contribution in [0.1, 0.15) is 128 Å². The summed E-state index contributed by atoms with van der Waals surface area (Å²) in [4.78, 5) is 54.4. The number of phenolic OH excluding ortho intramolecular Hbond substituents is 1. The summed E-state index contributed by atoms with van der Waals surface area (Å²) >= 11 is 0. The number of unbranched alkanes of at least 4 members (excludes halogenated alkanes) is 5. The molecule has 10 nitrogen and oxygen atoms in total. The fourth-order valence-electron chi connectivity index (χ4n) is 5.50. The maximum Gasteiger partial charge on any atom is 0.408 e. The predicted molar refractivity (Wildman–Crippen MR) is 167 cm³/mol. The molecule has 0 aromatic heterocycles. The molecule has 0 heterocycles. The molecule has 242 valence electrons. The summed E-state index contributed by atoms with van der Waals surface area (Å²) in [6.07, 6.45) is 9.63. The van der Waals surface area contributed by atoms with E-state index in [0.717, 1.165) is 64.2 Å². The molecule has 43 heavy (non-hydrogen) atoms. The molecule has 0 spiro atoms. The number of phenols is 1. The molecule has 2 unspecified atom stereocenters. The number of alkyl carbamates (subject to hydrolysis) is 1. The van der Waals surface area contributed by atoms with Gasteiger partial charge in [0, 0.05) is 24.6 Å². The van der Waals surface area contributed by atoms with Crippen molar-refractivity contribution in [1.82, 2.24) is 15.5 Å². The zero-order chi connectivity index (χ0) is 32.0. The Balaban J connectivity index is 2.51. The molecule has 1 aliphatic rings. The fraction of sp³-hybridized carbons (Fsp3) is 0.697. The highest BCUT2D eigenvalue weighted by Gasteiger charge is 2.38. The number of rotatable bonds is 16. The predicted octanol–water partition coefficient (Wildman–Crippen LogP) is 5.54. The summed E-state index contributed by atoms with van der Waals surface area (Å²) in [6.45, 7) is 9.25.